The van der Waals surface area contributed by atoms with Crippen LogP contribution >= 0.6 is 0 Å². The lowest BCUT2D eigenvalue weighted by molar-refractivity contribution is -0.129. The van der Waals surface area contributed by atoms with Crippen molar-refractivity contribution in [2.75, 3.05) is 33.4 Å². The second kappa shape index (κ2) is 4.95. The van der Waals surface area contributed by atoms with Crippen molar-refractivity contribution >= 4 is 17.5 Å². The van der Waals surface area contributed by atoms with Crippen LogP contribution in [0, 0.1) is 0 Å². The molecule has 1 aliphatic carbocycles. The number of rotatable bonds is 4. The lowest BCUT2D eigenvalue weighted by Crippen LogP contribution is -2.38. The summed E-state index contributed by atoms with van der Waals surface area (Å²) in [5, 5.41) is 0. The summed E-state index contributed by atoms with van der Waals surface area (Å²) in [6.45, 7) is 0.0710. The predicted octanol–water partition coefficient (Wildman–Crippen LogP) is 0.565. The van der Waals surface area contributed by atoms with E-state index in [1.165, 1.54) is 9.80 Å². The number of carbonyl (C=O) groups excluding carboxylic acids is 2. The highest BCUT2D eigenvalue weighted by molar-refractivity contribution is 5.96. The van der Waals surface area contributed by atoms with E-state index in [2.05, 4.69) is 0 Å². The van der Waals surface area contributed by atoms with Crippen LogP contribution in [0.2, 0.25) is 0 Å². The second-order valence-electron chi connectivity index (χ2n) is 5.25. The number of nitrogen functional groups attached to an aromatic ring is 1. The number of amides is 2. The average molecular weight is 264 g/mol. The summed E-state index contributed by atoms with van der Waals surface area (Å²) in [7, 11) is 4.97. The zero-order valence-electron chi connectivity index (χ0n) is 11.6. The largest absolute Gasteiger partial charge is 0.397 e. The summed E-state index contributed by atoms with van der Waals surface area (Å²) in [6.07, 6.45) is 3.95. The van der Waals surface area contributed by atoms with Crippen molar-refractivity contribution in [3.05, 3.63) is 18.0 Å². The summed E-state index contributed by atoms with van der Waals surface area (Å²) in [5.41, 5.74) is 6.92. The molecule has 0 atom stereocenters. The van der Waals surface area contributed by atoms with Crippen LogP contribution in [-0.4, -0.2) is 53.9 Å². The number of carbonyl (C=O) groups is 2. The first-order valence-corrected chi connectivity index (χ1v) is 6.33. The highest BCUT2D eigenvalue weighted by Crippen LogP contribution is 2.37. The minimum atomic E-state index is -0.168. The van der Waals surface area contributed by atoms with Crippen LogP contribution in [0.15, 0.2) is 12.3 Å². The molecule has 2 N–H and O–H groups in total. The van der Waals surface area contributed by atoms with Crippen LogP contribution < -0.4 is 5.73 Å². The Morgan fingerprint density at radius 1 is 1.37 bits per heavy atom. The monoisotopic (exact) mass is 264 g/mol. The first-order chi connectivity index (χ1) is 8.90. The number of nitrogens with zero attached hydrogens (tertiary/aromatic N) is 3. The fourth-order valence-corrected chi connectivity index (χ4v) is 1.94. The molecule has 1 saturated carbocycles. The van der Waals surface area contributed by atoms with Gasteiger partial charge in [-0.2, -0.15) is 0 Å². The van der Waals surface area contributed by atoms with Gasteiger partial charge in [-0.1, -0.05) is 0 Å². The topological polar surface area (TPSA) is 71.6 Å². The summed E-state index contributed by atoms with van der Waals surface area (Å²) >= 11 is 0. The molecule has 0 unspecified atom stereocenters. The second-order valence-corrected chi connectivity index (χ2v) is 5.25. The third-order valence-corrected chi connectivity index (χ3v) is 3.25. The molecule has 2 rings (SSSR count). The summed E-state index contributed by atoms with van der Waals surface area (Å²) in [5.74, 6) is -0.271. The molecule has 0 saturated heterocycles. The Kier molecular flexibility index (Phi) is 3.50. The Hall–Kier alpha value is -1.98. The maximum absolute atomic E-state index is 12.3. The van der Waals surface area contributed by atoms with Crippen molar-refractivity contribution < 1.29 is 9.59 Å². The van der Waals surface area contributed by atoms with Crippen molar-refractivity contribution in [3.8, 4) is 0 Å². The van der Waals surface area contributed by atoms with Gasteiger partial charge in [0.2, 0.25) is 5.91 Å². The molecule has 6 heteroatoms. The molecule has 104 valence electrons. The molecular weight excluding hydrogens is 244 g/mol. The quantitative estimate of drug-likeness (QED) is 0.864. The van der Waals surface area contributed by atoms with Crippen molar-refractivity contribution in [1.82, 2.24) is 14.4 Å². The fraction of sp³-hybridized carbons (Fsp3) is 0.538. The molecule has 2 amide bonds. The highest BCUT2D eigenvalue weighted by Gasteiger charge is 2.29. The molecule has 0 aliphatic heterocycles. The third-order valence-electron chi connectivity index (χ3n) is 3.25. The first kappa shape index (κ1) is 13.5. The van der Waals surface area contributed by atoms with Gasteiger partial charge in [0.05, 0.1) is 12.2 Å². The van der Waals surface area contributed by atoms with Gasteiger partial charge in [0, 0.05) is 33.4 Å². The standard InChI is InChI=1S/C13H20N4O2/c1-15(2)12(18)8-16(3)13(19)11-6-9(14)7-17(11)10-4-5-10/h6-7,10H,4-5,8,14H2,1-3H3. The first-order valence-electron chi connectivity index (χ1n) is 6.33. The van der Waals surface area contributed by atoms with Gasteiger partial charge in [0.15, 0.2) is 0 Å². The van der Waals surface area contributed by atoms with Gasteiger partial charge in [-0.25, -0.2) is 0 Å². The number of anilines is 1. The van der Waals surface area contributed by atoms with Crippen LogP contribution in [0.1, 0.15) is 29.4 Å². The van der Waals surface area contributed by atoms with E-state index in [4.69, 9.17) is 5.73 Å². The SMILES string of the molecule is CN(C)C(=O)CN(C)C(=O)c1cc(N)cn1C1CC1. The molecule has 1 heterocycles. The van der Waals surface area contributed by atoms with Crippen LogP contribution in [0.5, 0.6) is 0 Å². The van der Waals surface area contributed by atoms with E-state index in [0.717, 1.165) is 12.8 Å². The van der Waals surface area contributed by atoms with Crippen molar-refractivity contribution in [2.24, 2.45) is 0 Å². The number of hydrogen-bond acceptors (Lipinski definition) is 3. The van der Waals surface area contributed by atoms with E-state index < -0.39 is 0 Å². The highest BCUT2D eigenvalue weighted by atomic mass is 16.2. The Labute approximate surface area is 112 Å². The van der Waals surface area contributed by atoms with Crippen LogP contribution in [0.3, 0.4) is 0 Å². The molecule has 0 aromatic carbocycles. The van der Waals surface area contributed by atoms with Gasteiger partial charge in [0.25, 0.3) is 5.91 Å². The van der Waals surface area contributed by atoms with E-state index in [9.17, 15) is 9.59 Å². The zero-order chi connectivity index (χ0) is 14.2. The Morgan fingerprint density at radius 3 is 2.53 bits per heavy atom. The van der Waals surface area contributed by atoms with Crippen molar-refractivity contribution in [1.29, 1.82) is 0 Å². The van der Waals surface area contributed by atoms with E-state index in [1.54, 1.807) is 33.4 Å². The number of likely N-dealkylation sites (N-methyl/N-ethyl adjacent to an activating group) is 2. The minimum Gasteiger partial charge on any atom is -0.397 e. The van der Waals surface area contributed by atoms with Crippen LogP contribution in [-0.2, 0) is 4.79 Å². The average Bonchev–Trinajstić information content (AvgIpc) is 3.11. The minimum absolute atomic E-state index is 0.0710. The molecule has 1 aromatic heterocycles. The predicted molar refractivity (Wildman–Crippen MR) is 72.8 cm³/mol. The van der Waals surface area contributed by atoms with E-state index in [0.29, 0.717) is 17.4 Å². The number of hydrogen-bond donors (Lipinski definition) is 1. The summed E-state index contributed by atoms with van der Waals surface area (Å²) in [6, 6.07) is 2.06. The number of aromatic nitrogens is 1. The molecule has 6 nitrogen and oxygen atoms in total. The molecule has 1 aromatic rings. The maximum atomic E-state index is 12.3. The van der Waals surface area contributed by atoms with Gasteiger partial charge in [-0.05, 0) is 18.9 Å². The van der Waals surface area contributed by atoms with Crippen molar-refractivity contribution in [2.45, 2.75) is 18.9 Å². The summed E-state index contributed by atoms with van der Waals surface area (Å²) < 4.78 is 1.92. The lowest BCUT2D eigenvalue weighted by atomic mass is 10.3. The van der Waals surface area contributed by atoms with E-state index in [1.807, 2.05) is 4.57 Å². The molecule has 0 radical (unpaired) electrons. The van der Waals surface area contributed by atoms with Gasteiger partial charge >= 0.3 is 0 Å². The van der Waals surface area contributed by atoms with Gasteiger partial charge < -0.3 is 20.1 Å². The molecule has 0 spiro atoms. The number of nitrogens with two attached hydrogens (primary N) is 1. The Balaban J connectivity index is 2.12. The Morgan fingerprint density at radius 2 is 2.00 bits per heavy atom. The molecule has 1 aliphatic rings. The third kappa shape index (κ3) is 2.89. The smallest absolute Gasteiger partial charge is 0.270 e. The van der Waals surface area contributed by atoms with Crippen LogP contribution in [0.4, 0.5) is 5.69 Å². The van der Waals surface area contributed by atoms with Crippen molar-refractivity contribution in [3.63, 3.8) is 0 Å². The normalized spacial score (nSPS) is 14.3. The lowest BCUT2D eigenvalue weighted by Gasteiger charge is -2.20. The van der Waals surface area contributed by atoms with E-state index in [-0.39, 0.29) is 18.4 Å². The van der Waals surface area contributed by atoms with Gasteiger partial charge in [-0.3, -0.25) is 9.59 Å². The maximum Gasteiger partial charge on any atom is 0.270 e. The zero-order valence-corrected chi connectivity index (χ0v) is 11.6. The molecule has 0 bridgehead atoms. The van der Waals surface area contributed by atoms with Crippen LogP contribution in [0.25, 0.3) is 0 Å². The molecule has 19 heavy (non-hydrogen) atoms. The summed E-state index contributed by atoms with van der Waals surface area (Å²) in [4.78, 5) is 26.9. The molecular formula is C13H20N4O2. The fourth-order valence-electron chi connectivity index (χ4n) is 1.94. The van der Waals surface area contributed by atoms with E-state index >= 15 is 0 Å². The van der Waals surface area contributed by atoms with Gasteiger partial charge in [-0.15, -0.1) is 0 Å². The van der Waals surface area contributed by atoms with Gasteiger partial charge in [0.1, 0.15) is 5.69 Å². The Bertz CT molecular complexity index is 503. The molecule has 1 fully saturated rings.